The number of imide groups is 1. The van der Waals surface area contributed by atoms with E-state index in [1.54, 1.807) is 0 Å². The molecule has 0 saturated heterocycles. The van der Waals surface area contributed by atoms with E-state index < -0.39 is 17.2 Å². The van der Waals surface area contributed by atoms with Gasteiger partial charge in [-0.1, -0.05) is 55.4 Å². The molecule has 0 spiro atoms. The summed E-state index contributed by atoms with van der Waals surface area (Å²) in [6.45, 7) is 5.70. The number of carbonyl (C=O) groups excluding carboxylic acids is 2. The topological polar surface area (TPSA) is 129 Å². The number of rotatable bonds is 5. The van der Waals surface area contributed by atoms with Crippen LogP contribution in [0.5, 0.6) is 0 Å². The van der Waals surface area contributed by atoms with Crippen molar-refractivity contribution in [1.82, 2.24) is 20.2 Å². The summed E-state index contributed by atoms with van der Waals surface area (Å²) in [5.41, 5.74) is 6.96. The second-order valence-electron chi connectivity index (χ2n) is 5.68. The van der Waals surface area contributed by atoms with E-state index in [-0.39, 0.29) is 5.92 Å². The van der Waals surface area contributed by atoms with Gasteiger partial charge in [-0.2, -0.15) is 0 Å². The molecule has 3 amide bonds. The van der Waals surface area contributed by atoms with E-state index in [2.05, 4.69) is 15.5 Å². The van der Waals surface area contributed by atoms with Crippen molar-refractivity contribution in [3.8, 4) is 11.4 Å². The van der Waals surface area contributed by atoms with Crippen LogP contribution in [0.3, 0.4) is 0 Å². The molecule has 0 saturated carbocycles. The summed E-state index contributed by atoms with van der Waals surface area (Å²) >= 11 is 1.14. The maximum absolute atomic E-state index is 12.1. The Bertz CT molecular complexity index is 741. The minimum Gasteiger partial charge on any atom is -0.351 e. The molecule has 0 fully saturated rings. The number of nitrogen functional groups attached to an aromatic ring is 1. The SMILES string of the molecule is Cc1ccc(-c2nnc(S[C@H](C(=O)NC(N)=O)C(C)C)n2N)cc1. The van der Waals surface area contributed by atoms with E-state index in [0.29, 0.717) is 11.0 Å². The predicted molar refractivity (Wildman–Crippen MR) is 92.6 cm³/mol. The van der Waals surface area contributed by atoms with Crippen molar-refractivity contribution >= 4 is 23.7 Å². The predicted octanol–water partition coefficient (Wildman–Crippen LogP) is 1.28. The average Bonchev–Trinajstić information content (AvgIpc) is 2.85. The number of nitrogens with zero attached hydrogens (tertiary/aromatic N) is 3. The van der Waals surface area contributed by atoms with Gasteiger partial charge in [-0.15, -0.1) is 10.2 Å². The number of carbonyl (C=O) groups is 2. The van der Waals surface area contributed by atoms with Gasteiger partial charge in [0.15, 0.2) is 5.82 Å². The van der Waals surface area contributed by atoms with Crippen molar-refractivity contribution < 1.29 is 9.59 Å². The van der Waals surface area contributed by atoms with Crippen molar-refractivity contribution in [3.63, 3.8) is 0 Å². The fourth-order valence-corrected chi connectivity index (χ4v) is 3.01. The maximum Gasteiger partial charge on any atom is 0.318 e. The summed E-state index contributed by atoms with van der Waals surface area (Å²) in [6, 6.07) is 6.82. The van der Waals surface area contributed by atoms with Gasteiger partial charge in [0.25, 0.3) is 0 Å². The quantitative estimate of drug-likeness (QED) is 0.551. The first-order valence-electron chi connectivity index (χ1n) is 7.34. The number of hydrogen-bond acceptors (Lipinski definition) is 6. The minimum absolute atomic E-state index is 0.0612. The van der Waals surface area contributed by atoms with Gasteiger partial charge in [0.1, 0.15) is 0 Å². The molecule has 0 aliphatic carbocycles. The highest BCUT2D eigenvalue weighted by Gasteiger charge is 2.27. The molecule has 1 atom stereocenters. The van der Waals surface area contributed by atoms with E-state index >= 15 is 0 Å². The van der Waals surface area contributed by atoms with Crippen LogP contribution in [-0.4, -0.2) is 32.1 Å². The van der Waals surface area contributed by atoms with Gasteiger partial charge in [0.2, 0.25) is 11.1 Å². The lowest BCUT2D eigenvalue weighted by Gasteiger charge is -2.17. The first-order chi connectivity index (χ1) is 11.3. The molecule has 1 heterocycles. The molecule has 2 rings (SSSR count). The molecule has 1 aromatic carbocycles. The number of benzene rings is 1. The van der Waals surface area contributed by atoms with Crippen LogP contribution < -0.4 is 16.9 Å². The number of primary amides is 1. The summed E-state index contributed by atoms with van der Waals surface area (Å²) in [6.07, 6.45) is 0. The highest BCUT2D eigenvalue weighted by atomic mass is 32.2. The standard InChI is InChI=1S/C15H20N6O2S/c1-8(2)11(13(22)18-14(16)23)24-15-20-19-12(21(15)17)10-6-4-9(3)5-7-10/h4-8,11H,17H2,1-3H3,(H3,16,18,22,23)/t11-/m0/s1. The van der Waals surface area contributed by atoms with Gasteiger partial charge in [0, 0.05) is 5.56 Å². The van der Waals surface area contributed by atoms with Crippen molar-refractivity contribution in [2.45, 2.75) is 31.2 Å². The Morgan fingerprint density at radius 3 is 2.38 bits per heavy atom. The molecule has 0 bridgehead atoms. The van der Waals surface area contributed by atoms with Gasteiger partial charge in [-0.05, 0) is 12.8 Å². The van der Waals surface area contributed by atoms with E-state index in [1.807, 2.05) is 45.0 Å². The molecule has 0 unspecified atom stereocenters. The Kier molecular flexibility index (Phi) is 5.45. The second-order valence-corrected chi connectivity index (χ2v) is 6.79. The molecule has 2 aromatic rings. The van der Waals surface area contributed by atoms with Crippen LogP contribution in [0.25, 0.3) is 11.4 Å². The van der Waals surface area contributed by atoms with Crippen LogP contribution in [0.15, 0.2) is 29.4 Å². The van der Waals surface area contributed by atoms with Crippen molar-refractivity contribution in [1.29, 1.82) is 0 Å². The Labute approximate surface area is 144 Å². The Balaban J connectivity index is 2.24. The van der Waals surface area contributed by atoms with E-state index in [0.717, 1.165) is 22.9 Å². The summed E-state index contributed by atoms with van der Waals surface area (Å²) in [7, 11) is 0. The van der Waals surface area contributed by atoms with Gasteiger partial charge in [0.05, 0.1) is 5.25 Å². The number of aryl methyl sites for hydroxylation is 1. The highest BCUT2D eigenvalue weighted by Crippen LogP contribution is 2.28. The number of urea groups is 1. The number of hydrogen-bond donors (Lipinski definition) is 3. The molecule has 0 radical (unpaired) electrons. The van der Waals surface area contributed by atoms with E-state index in [9.17, 15) is 9.59 Å². The van der Waals surface area contributed by atoms with Crippen LogP contribution in [0.2, 0.25) is 0 Å². The number of amides is 3. The minimum atomic E-state index is -0.888. The van der Waals surface area contributed by atoms with Gasteiger partial charge in [-0.25, -0.2) is 9.47 Å². The van der Waals surface area contributed by atoms with Crippen LogP contribution in [0.1, 0.15) is 19.4 Å². The number of nitrogens with one attached hydrogen (secondary N) is 1. The fraction of sp³-hybridized carbons (Fsp3) is 0.333. The first-order valence-corrected chi connectivity index (χ1v) is 8.22. The van der Waals surface area contributed by atoms with Gasteiger partial charge in [-0.3, -0.25) is 10.1 Å². The zero-order valence-electron chi connectivity index (χ0n) is 13.7. The second kappa shape index (κ2) is 7.35. The van der Waals surface area contributed by atoms with Crippen LogP contribution in [0, 0.1) is 12.8 Å². The lowest BCUT2D eigenvalue weighted by Crippen LogP contribution is -2.42. The number of nitrogens with two attached hydrogens (primary N) is 2. The zero-order chi connectivity index (χ0) is 17.9. The lowest BCUT2D eigenvalue weighted by molar-refractivity contribution is -0.120. The van der Waals surface area contributed by atoms with Crippen molar-refractivity contribution in [3.05, 3.63) is 29.8 Å². The molecular formula is C15H20N6O2S. The smallest absolute Gasteiger partial charge is 0.318 e. The third-order valence-electron chi connectivity index (χ3n) is 3.32. The Morgan fingerprint density at radius 1 is 1.21 bits per heavy atom. The fourth-order valence-electron chi connectivity index (χ4n) is 2.06. The maximum atomic E-state index is 12.1. The average molecular weight is 348 g/mol. The molecular weight excluding hydrogens is 328 g/mol. The third kappa shape index (κ3) is 4.05. The van der Waals surface area contributed by atoms with Crippen molar-refractivity contribution in [2.75, 3.05) is 5.84 Å². The largest absolute Gasteiger partial charge is 0.351 e. The van der Waals surface area contributed by atoms with Crippen LogP contribution in [-0.2, 0) is 4.79 Å². The molecule has 24 heavy (non-hydrogen) atoms. The normalized spacial score (nSPS) is 12.2. The molecule has 0 aliphatic rings. The monoisotopic (exact) mass is 348 g/mol. The van der Waals surface area contributed by atoms with Gasteiger partial charge >= 0.3 is 6.03 Å². The number of aromatic nitrogens is 3. The molecule has 8 nitrogen and oxygen atoms in total. The highest BCUT2D eigenvalue weighted by molar-refractivity contribution is 8.00. The molecule has 1 aromatic heterocycles. The third-order valence-corrected chi connectivity index (χ3v) is 4.82. The summed E-state index contributed by atoms with van der Waals surface area (Å²) < 4.78 is 1.34. The first kappa shape index (κ1) is 17.8. The van der Waals surface area contributed by atoms with Crippen LogP contribution >= 0.6 is 11.8 Å². The lowest BCUT2D eigenvalue weighted by atomic mass is 10.1. The Morgan fingerprint density at radius 2 is 1.83 bits per heavy atom. The zero-order valence-corrected chi connectivity index (χ0v) is 14.5. The van der Waals surface area contributed by atoms with Crippen molar-refractivity contribution in [2.24, 2.45) is 11.7 Å². The molecule has 0 aliphatic heterocycles. The Hall–Kier alpha value is -2.55. The molecule has 9 heteroatoms. The van der Waals surface area contributed by atoms with E-state index in [4.69, 9.17) is 11.6 Å². The summed E-state index contributed by atoms with van der Waals surface area (Å²) in [5, 5.41) is 10.0. The van der Waals surface area contributed by atoms with Gasteiger partial charge < -0.3 is 11.6 Å². The summed E-state index contributed by atoms with van der Waals surface area (Å²) in [4.78, 5) is 23.0. The summed E-state index contributed by atoms with van der Waals surface area (Å²) in [5.74, 6) is 6.02. The number of thioether (sulfide) groups is 1. The van der Waals surface area contributed by atoms with E-state index in [1.165, 1.54) is 4.68 Å². The van der Waals surface area contributed by atoms with Crippen LogP contribution in [0.4, 0.5) is 4.79 Å². The molecule has 128 valence electrons. The molecule has 5 N–H and O–H groups in total.